The number of allylic oxidation sites excluding steroid dienone is 2. The molecule has 1 rings (SSSR count). The zero-order valence-electron chi connectivity index (χ0n) is 13.8. The first-order valence-corrected chi connectivity index (χ1v) is 8.29. The molecule has 20 heavy (non-hydrogen) atoms. The summed E-state index contributed by atoms with van der Waals surface area (Å²) in [6.45, 7) is 9.03. The van der Waals surface area contributed by atoms with Crippen LogP contribution in [0.1, 0.15) is 79.1 Å². The number of hydrogen-bond acceptors (Lipinski definition) is 0. The van der Waals surface area contributed by atoms with E-state index in [1.165, 1.54) is 36.8 Å². The zero-order valence-corrected chi connectivity index (χ0v) is 13.8. The van der Waals surface area contributed by atoms with Gasteiger partial charge in [0, 0.05) is 24.0 Å². The third-order valence-electron chi connectivity index (χ3n) is 3.64. The van der Waals surface area contributed by atoms with Crippen LogP contribution in [-0.4, -0.2) is 0 Å². The lowest BCUT2D eigenvalue weighted by Gasteiger charge is -2.12. The van der Waals surface area contributed by atoms with Crippen molar-refractivity contribution in [1.82, 2.24) is 0 Å². The molecule has 0 saturated heterocycles. The molecule has 0 amide bonds. The summed E-state index contributed by atoms with van der Waals surface area (Å²) in [5, 5.41) is 0. The summed E-state index contributed by atoms with van der Waals surface area (Å²) >= 11 is 0. The van der Waals surface area contributed by atoms with Crippen molar-refractivity contribution >= 4 is 0 Å². The summed E-state index contributed by atoms with van der Waals surface area (Å²) < 4.78 is 0. The van der Waals surface area contributed by atoms with E-state index in [9.17, 15) is 0 Å². The van der Waals surface area contributed by atoms with Crippen molar-refractivity contribution in [3.8, 4) is 23.7 Å². The van der Waals surface area contributed by atoms with Gasteiger partial charge in [0.2, 0.25) is 0 Å². The van der Waals surface area contributed by atoms with Crippen LogP contribution in [0.4, 0.5) is 0 Å². The Kier molecular flexibility index (Phi) is 8.22. The molecule has 0 spiro atoms. The molecule has 0 N–H and O–H groups in total. The summed E-state index contributed by atoms with van der Waals surface area (Å²) in [6, 6.07) is 0. The summed E-state index contributed by atoms with van der Waals surface area (Å²) in [5.41, 5.74) is 2.66. The lowest BCUT2D eigenvalue weighted by Crippen LogP contribution is -1.97. The molecule has 0 aromatic heterocycles. The van der Waals surface area contributed by atoms with Gasteiger partial charge in [0.05, 0.1) is 0 Å². The van der Waals surface area contributed by atoms with Crippen LogP contribution in [0.15, 0.2) is 11.1 Å². The van der Waals surface area contributed by atoms with Crippen molar-refractivity contribution in [3.63, 3.8) is 0 Å². The fraction of sp³-hybridized carbons (Fsp3) is 0.700. The fourth-order valence-corrected chi connectivity index (χ4v) is 2.24. The van der Waals surface area contributed by atoms with Crippen LogP contribution in [0.2, 0.25) is 0 Å². The molecule has 0 atom stereocenters. The van der Waals surface area contributed by atoms with Gasteiger partial charge in [-0.2, -0.15) is 0 Å². The van der Waals surface area contributed by atoms with Gasteiger partial charge in [0.15, 0.2) is 0 Å². The van der Waals surface area contributed by atoms with Crippen LogP contribution in [0.5, 0.6) is 0 Å². The zero-order chi connectivity index (χ0) is 14.8. The third kappa shape index (κ3) is 7.45. The first-order chi connectivity index (χ1) is 9.59. The van der Waals surface area contributed by atoms with E-state index in [0.717, 1.165) is 37.5 Å². The van der Waals surface area contributed by atoms with Crippen LogP contribution in [0, 0.1) is 35.5 Å². The monoisotopic (exact) mass is 270 g/mol. The molecule has 0 radical (unpaired) electrons. The van der Waals surface area contributed by atoms with Crippen LogP contribution in [0.3, 0.4) is 0 Å². The van der Waals surface area contributed by atoms with E-state index in [4.69, 9.17) is 0 Å². The summed E-state index contributed by atoms with van der Waals surface area (Å²) in [5.74, 6) is 15.0. The van der Waals surface area contributed by atoms with Crippen LogP contribution < -0.4 is 0 Å². The van der Waals surface area contributed by atoms with E-state index in [1.54, 1.807) is 0 Å². The van der Waals surface area contributed by atoms with Gasteiger partial charge >= 0.3 is 0 Å². The summed E-state index contributed by atoms with van der Waals surface area (Å²) in [4.78, 5) is 0. The SMILES string of the molecule is CC(C)CCC#CC1=C(C#CCCC(C)C)CCCC1. The van der Waals surface area contributed by atoms with Crippen molar-refractivity contribution < 1.29 is 0 Å². The first-order valence-electron chi connectivity index (χ1n) is 8.29. The number of hydrogen-bond donors (Lipinski definition) is 0. The van der Waals surface area contributed by atoms with Crippen molar-refractivity contribution in [2.75, 3.05) is 0 Å². The molecule has 0 aromatic rings. The van der Waals surface area contributed by atoms with Crippen LogP contribution >= 0.6 is 0 Å². The smallest absolute Gasteiger partial charge is 0.0136 e. The predicted molar refractivity (Wildman–Crippen MR) is 89.2 cm³/mol. The maximum Gasteiger partial charge on any atom is 0.0136 e. The first kappa shape index (κ1) is 16.9. The minimum Gasteiger partial charge on any atom is -0.0982 e. The quantitative estimate of drug-likeness (QED) is 0.572. The van der Waals surface area contributed by atoms with Crippen LogP contribution in [0.25, 0.3) is 0 Å². The lowest BCUT2D eigenvalue weighted by atomic mass is 9.92. The van der Waals surface area contributed by atoms with Gasteiger partial charge in [-0.3, -0.25) is 0 Å². The summed E-state index contributed by atoms with van der Waals surface area (Å²) in [7, 11) is 0. The highest BCUT2D eigenvalue weighted by Gasteiger charge is 2.08. The Hall–Kier alpha value is -1.14. The molecular formula is C20H30. The highest BCUT2D eigenvalue weighted by atomic mass is 14.1. The molecule has 0 aromatic carbocycles. The largest absolute Gasteiger partial charge is 0.0982 e. The number of rotatable bonds is 4. The predicted octanol–water partition coefficient (Wildman–Crippen LogP) is 5.74. The molecule has 0 aliphatic heterocycles. The van der Waals surface area contributed by atoms with Gasteiger partial charge in [-0.1, -0.05) is 51.4 Å². The van der Waals surface area contributed by atoms with Gasteiger partial charge in [0.25, 0.3) is 0 Å². The minimum atomic E-state index is 0.750. The second-order valence-electron chi connectivity index (χ2n) is 6.63. The molecule has 1 aliphatic carbocycles. The Balaban J connectivity index is 2.61. The lowest BCUT2D eigenvalue weighted by molar-refractivity contribution is 0.599. The second kappa shape index (κ2) is 9.72. The highest BCUT2D eigenvalue weighted by Crippen LogP contribution is 2.23. The van der Waals surface area contributed by atoms with Gasteiger partial charge in [-0.05, 0) is 50.4 Å². The molecule has 0 fully saturated rings. The molecular weight excluding hydrogens is 240 g/mol. The molecule has 0 saturated carbocycles. The summed E-state index contributed by atoms with van der Waals surface area (Å²) in [6.07, 6.45) is 9.30. The van der Waals surface area contributed by atoms with Crippen molar-refractivity contribution in [2.24, 2.45) is 11.8 Å². The van der Waals surface area contributed by atoms with E-state index in [2.05, 4.69) is 51.4 Å². The highest BCUT2D eigenvalue weighted by molar-refractivity contribution is 5.44. The van der Waals surface area contributed by atoms with Crippen molar-refractivity contribution in [2.45, 2.75) is 79.1 Å². The third-order valence-corrected chi connectivity index (χ3v) is 3.64. The molecule has 0 heteroatoms. The van der Waals surface area contributed by atoms with E-state index in [0.29, 0.717) is 0 Å². The van der Waals surface area contributed by atoms with E-state index in [-0.39, 0.29) is 0 Å². The molecule has 0 heterocycles. The molecule has 0 nitrogen and oxygen atoms in total. The Bertz CT molecular complexity index is 384. The minimum absolute atomic E-state index is 0.750. The molecule has 0 unspecified atom stereocenters. The van der Waals surface area contributed by atoms with E-state index < -0.39 is 0 Å². The second-order valence-corrected chi connectivity index (χ2v) is 6.63. The maximum absolute atomic E-state index is 3.40. The van der Waals surface area contributed by atoms with Crippen molar-refractivity contribution in [3.05, 3.63) is 11.1 Å². The van der Waals surface area contributed by atoms with Gasteiger partial charge < -0.3 is 0 Å². The van der Waals surface area contributed by atoms with E-state index >= 15 is 0 Å². The average molecular weight is 270 g/mol. The topological polar surface area (TPSA) is 0 Å². The Morgan fingerprint density at radius 3 is 1.50 bits per heavy atom. The van der Waals surface area contributed by atoms with Gasteiger partial charge in [0.1, 0.15) is 0 Å². The average Bonchev–Trinajstić information content (AvgIpc) is 2.40. The Morgan fingerprint density at radius 1 is 0.750 bits per heavy atom. The standard InChI is InChI=1S/C20H30/c1-17(2)11-5-7-13-19-15-9-10-16-20(19)14-8-6-12-18(3)4/h17-18H,5-6,9-12,15-16H2,1-4H3. The molecule has 110 valence electrons. The Labute approximate surface area is 126 Å². The van der Waals surface area contributed by atoms with Gasteiger partial charge in [-0.15, -0.1) is 0 Å². The normalized spacial score (nSPS) is 14.9. The van der Waals surface area contributed by atoms with Gasteiger partial charge in [-0.25, -0.2) is 0 Å². The molecule has 1 aliphatic rings. The Morgan fingerprint density at radius 2 is 1.15 bits per heavy atom. The van der Waals surface area contributed by atoms with E-state index in [1.807, 2.05) is 0 Å². The van der Waals surface area contributed by atoms with Crippen molar-refractivity contribution in [1.29, 1.82) is 0 Å². The molecule has 0 bridgehead atoms. The fourth-order valence-electron chi connectivity index (χ4n) is 2.24. The van der Waals surface area contributed by atoms with Crippen LogP contribution in [-0.2, 0) is 0 Å². The maximum atomic E-state index is 3.40.